The molecule has 7 unspecified atom stereocenters. The minimum Gasteiger partial charge on any atom is -0.388 e. The fourth-order valence-corrected chi connectivity index (χ4v) is 5.18. The van der Waals surface area contributed by atoms with Crippen LogP contribution in [0, 0.1) is 6.92 Å². The van der Waals surface area contributed by atoms with E-state index >= 15 is 0 Å². The van der Waals surface area contributed by atoms with Crippen molar-refractivity contribution in [2.24, 2.45) is 0 Å². The summed E-state index contributed by atoms with van der Waals surface area (Å²) >= 11 is 0. The van der Waals surface area contributed by atoms with Gasteiger partial charge in [-0.25, -0.2) is 4.79 Å². The second-order valence-corrected chi connectivity index (χ2v) is 11.4. The molecule has 0 aromatic carbocycles. The molecule has 3 rings (SSSR count). The van der Waals surface area contributed by atoms with Crippen molar-refractivity contribution in [3.63, 3.8) is 0 Å². The maximum Gasteiger partial charge on any atom is 0.359 e. The van der Waals surface area contributed by atoms with Crippen molar-refractivity contribution >= 4 is 18.6 Å². The number of ether oxygens (including phenoxy) is 1. The van der Waals surface area contributed by atoms with Gasteiger partial charge in [0.25, 0.3) is 0 Å². The molecule has 2 aromatic heterocycles. The van der Waals surface area contributed by atoms with Gasteiger partial charge < -0.3 is 34.5 Å². The zero-order valence-corrected chi connectivity index (χ0v) is 20.7. The van der Waals surface area contributed by atoms with Crippen LogP contribution in [0.1, 0.15) is 58.7 Å². The lowest BCUT2D eigenvalue weighted by Crippen LogP contribution is -2.40. The number of nitrogens with one attached hydrogen (secondary N) is 1. The lowest BCUT2D eigenvalue weighted by atomic mass is 9.93. The Morgan fingerprint density at radius 2 is 1.88 bits per heavy atom. The first-order valence-electron chi connectivity index (χ1n) is 11.0. The SMILES string of the molecule is CCC(C)(CC1OC(n2cc3c(=O)c(C)c[nH]c3nc2=O)C(O)C1O)OP(=O)(O)C(C)(O)CC. The van der Waals surface area contributed by atoms with Gasteiger partial charge in [0.15, 0.2) is 17.0 Å². The molecule has 3 heterocycles. The fraction of sp³-hybridized carbons (Fsp3) is 0.667. The molecule has 12 nitrogen and oxygen atoms in total. The second-order valence-electron chi connectivity index (χ2n) is 9.23. The van der Waals surface area contributed by atoms with Crippen LogP contribution in [0.2, 0.25) is 0 Å². The number of aryl methyl sites for hydroxylation is 1. The van der Waals surface area contributed by atoms with Gasteiger partial charge in [0, 0.05) is 24.4 Å². The van der Waals surface area contributed by atoms with Gasteiger partial charge in [-0.05, 0) is 33.6 Å². The Morgan fingerprint density at radius 1 is 1.24 bits per heavy atom. The highest BCUT2D eigenvalue weighted by molar-refractivity contribution is 7.54. The van der Waals surface area contributed by atoms with E-state index in [9.17, 15) is 34.4 Å². The van der Waals surface area contributed by atoms with Gasteiger partial charge in [-0.15, -0.1) is 0 Å². The molecular formula is C21H32N3O9P. The molecule has 1 aliphatic heterocycles. The molecule has 0 amide bonds. The van der Waals surface area contributed by atoms with Crippen LogP contribution in [-0.2, 0) is 13.8 Å². The number of aliphatic hydroxyl groups excluding tert-OH is 2. The molecule has 1 aliphatic rings. The van der Waals surface area contributed by atoms with E-state index in [0.717, 1.165) is 4.57 Å². The van der Waals surface area contributed by atoms with Crippen LogP contribution in [0.15, 0.2) is 22.0 Å². The Kier molecular flexibility index (Phi) is 7.27. The van der Waals surface area contributed by atoms with Crippen LogP contribution in [-0.4, -0.2) is 64.0 Å². The van der Waals surface area contributed by atoms with Gasteiger partial charge in [-0.3, -0.25) is 13.9 Å². The minimum absolute atomic E-state index is 0.0274. The zero-order valence-electron chi connectivity index (χ0n) is 19.8. The van der Waals surface area contributed by atoms with Gasteiger partial charge in [-0.1, -0.05) is 13.8 Å². The highest BCUT2D eigenvalue weighted by Crippen LogP contribution is 2.59. The number of hydrogen-bond donors (Lipinski definition) is 5. The van der Waals surface area contributed by atoms with E-state index in [1.54, 1.807) is 20.8 Å². The van der Waals surface area contributed by atoms with Gasteiger partial charge in [0.05, 0.1) is 17.1 Å². The number of pyridine rings is 1. The summed E-state index contributed by atoms with van der Waals surface area (Å²) in [4.78, 5) is 42.0. The average molecular weight is 501 g/mol. The summed E-state index contributed by atoms with van der Waals surface area (Å²) in [6.45, 7) is 7.57. The first-order valence-corrected chi connectivity index (χ1v) is 12.6. The van der Waals surface area contributed by atoms with Crippen LogP contribution in [0.25, 0.3) is 11.0 Å². The van der Waals surface area contributed by atoms with Crippen LogP contribution in [0.5, 0.6) is 0 Å². The summed E-state index contributed by atoms with van der Waals surface area (Å²) in [5, 5.41) is 29.7. The molecule has 1 fully saturated rings. The topological polar surface area (TPSA) is 184 Å². The predicted octanol–water partition coefficient (Wildman–Crippen LogP) is 0.892. The summed E-state index contributed by atoms with van der Waals surface area (Å²) in [5.74, 6) is 0. The third-order valence-electron chi connectivity index (χ3n) is 6.59. The van der Waals surface area contributed by atoms with Crippen LogP contribution in [0.3, 0.4) is 0 Å². The smallest absolute Gasteiger partial charge is 0.359 e. The standard InChI is InChI=1S/C21H32N3O9P/c1-6-20(4,33-34(30,31)21(5,29)7-2)8-13-15(26)16(27)18(32-13)24-10-12-14(25)11(3)9-22-17(12)23-19(24)28/h9-10,13,15-16,18,26-27,29H,6-8H2,1-5H3,(H,30,31)(H,22,23,28). The number of fused-ring (bicyclic) bond motifs is 1. The Hall–Kier alpha value is -1.92. The van der Waals surface area contributed by atoms with E-state index < -0.39 is 48.8 Å². The van der Waals surface area contributed by atoms with E-state index in [-0.39, 0.29) is 35.7 Å². The molecular weight excluding hydrogens is 469 g/mol. The van der Waals surface area contributed by atoms with Gasteiger partial charge in [-0.2, -0.15) is 4.98 Å². The molecule has 0 saturated carbocycles. The molecule has 0 bridgehead atoms. The monoisotopic (exact) mass is 501 g/mol. The lowest BCUT2D eigenvalue weighted by Gasteiger charge is -2.37. The van der Waals surface area contributed by atoms with Crippen molar-refractivity contribution in [2.45, 2.75) is 89.4 Å². The van der Waals surface area contributed by atoms with E-state index in [1.165, 1.54) is 26.2 Å². The summed E-state index contributed by atoms with van der Waals surface area (Å²) < 4.78 is 24.9. The van der Waals surface area contributed by atoms with Crippen molar-refractivity contribution in [1.82, 2.24) is 14.5 Å². The molecule has 0 aliphatic carbocycles. The zero-order chi connectivity index (χ0) is 25.6. The Morgan fingerprint density at radius 3 is 2.47 bits per heavy atom. The summed E-state index contributed by atoms with van der Waals surface area (Å²) in [6.07, 6.45) is -2.75. The predicted molar refractivity (Wildman–Crippen MR) is 122 cm³/mol. The fourth-order valence-electron chi connectivity index (χ4n) is 3.78. The molecule has 0 spiro atoms. The highest BCUT2D eigenvalue weighted by atomic mass is 31.2. The minimum atomic E-state index is -4.49. The van der Waals surface area contributed by atoms with E-state index in [1.807, 2.05) is 0 Å². The molecule has 5 N–H and O–H groups in total. The maximum absolute atomic E-state index is 12.7. The molecule has 190 valence electrons. The molecule has 2 aromatic rings. The summed E-state index contributed by atoms with van der Waals surface area (Å²) in [5.41, 5.74) is -2.00. The summed E-state index contributed by atoms with van der Waals surface area (Å²) in [7, 11) is -4.49. The molecule has 7 atom stereocenters. The van der Waals surface area contributed by atoms with Crippen LogP contribution in [0.4, 0.5) is 0 Å². The second kappa shape index (κ2) is 9.27. The van der Waals surface area contributed by atoms with Crippen molar-refractivity contribution in [1.29, 1.82) is 0 Å². The van der Waals surface area contributed by atoms with Gasteiger partial charge in [0.1, 0.15) is 17.9 Å². The van der Waals surface area contributed by atoms with Crippen molar-refractivity contribution in [3.8, 4) is 0 Å². The first-order chi connectivity index (χ1) is 15.7. The van der Waals surface area contributed by atoms with Crippen molar-refractivity contribution in [3.05, 3.63) is 38.7 Å². The Labute approximate surface area is 195 Å². The van der Waals surface area contributed by atoms with E-state index in [4.69, 9.17) is 9.26 Å². The number of aliphatic hydroxyl groups is 3. The van der Waals surface area contributed by atoms with Crippen LogP contribution >= 0.6 is 7.60 Å². The number of H-pyrrole nitrogens is 1. The van der Waals surface area contributed by atoms with Crippen molar-refractivity contribution in [2.75, 3.05) is 0 Å². The van der Waals surface area contributed by atoms with Crippen LogP contribution < -0.4 is 11.1 Å². The number of hydrogen-bond acceptors (Lipinski definition) is 9. The molecule has 34 heavy (non-hydrogen) atoms. The van der Waals surface area contributed by atoms with Crippen molar-refractivity contribution < 1.29 is 34.0 Å². The lowest BCUT2D eigenvalue weighted by molar-refractivity contribution is -0.0712. The molecule has 1 saturated heterocycles. The number of rotatable bonds is 8. The van der Waals surface area contributed by atoms with E-state index in [0.29, 0.717) is 5.56 Å². The third-order valence-corrected chi connectivity index (χ3v) is 8.82. The first kappa shape index (κ1) is 26.7. The summed E-state index contributed by atoms with van der Waals surface area (Å²) in [6, 6.07) is 0. The largest absolute Gasteiger partial charge is 0.388 e. The number of nitrogens with zero attached hydrogens (tertiary/aromatic N) is 2. The van der Waals surface area contributed by atoms with Gasteiger partial charge >= 0.3 is 13.3 Å². The molecule has 13 heteroatoms. The number of aromatic nitrogens is 3. The normalized spacial score (nSPS) is 28.4. The average Bonchev–Trinajstić information content (AvgIpc) is 3.03. The Balaban J connectivity index is 1.91. The van der Waals surface area contributed by atoms with Gasteiger partial charge in [0.2, 0.25) is 0 Å². The maximum atomic E-state index is 12.7. The highest BCUT2D eigenvalue weighted by Gasteiger charge is 2.50. The third kappa shape index (κ3) is 4.76. The van der Waals surface area contributed by atoms with E-state index in [2.05, 4.69) is 9.97 Å². The Bertz CT molecular complexity index is 1230. The number of aromatic amines is 1. The molecule has 0 radical (unpaired) electrons. The quantitative estimate of drug-likeness (QED) is 0.326.